The van der Waals surface area contributed by atoms with E-state index in [4.69, 9.17) is 4.74 Å². The number of imidazole rings is 1. The lowest BCUT2D eigenvalue weighted by atomic mass is 10.2. The molecule has 0 saturated heterocycles. The minimum absolute atomic E-state index is 0.296. The van der Waals surface area contributed by atoms with Gasteiger partial charge in [-0.15, -0.1) is 0 Å². The van der Waals surface area contributed by atoms with Gasteiger partial charge < -0.3 is 4.74 Å². The third kappa shape index (κ3) is 2.76. The molecule has 1 N–H and O–H groups in total. The van der Waals surface area contributed by atoms with Gasteiger partial charge in [-0.05, 0) is 36.7 Å². The monoisotopic (exact) mass is 313 g/mol. The predicted octanol–water partition coefficient (Wildman–Crippen LogP) is 2.23. The summed E-state index contributed by atoms with van der Waals surface area (Å²) in [6.45, 7) is 5.36. The van der Waals surface area contributed by atoms with Crippen molar-refractivity contribution >= 4 is 33.5 Å². The fourth-order valence-electron chi connectivity index (χ4n) is 1.28. The number of aromatic nitrogens is 4. The maximum absolute atomic E-state index is 11.6. The van der Waals surface area contributed by atoms with E-state index in [1.165, 1.54) is 10.8 Å². The number of hydrogen-bond acceptors (Lipinski definition) is 5. The number of carbonyl (C=O) groups is 1. The van der Waals surface area contributed by atoms with Gasteiger partial charge in [0.25, 0.3) is 0 Å². The lowest BCUT2D eigenvalue weighted by Crippen LogP contribution is -2.27. The number of carbonyl (C=O) groups excluding carboxylic acids is 1. The summed E-state index contributed by atoms with van der Waals surface area (Å²) in [6.07, 6.45) is 2.32. The molecule has 96 valence electrons. The van der Waals surface area contributed by atoms with Gasteiger partial charge in [0.1, 0.15) is 16.5 Å². The minimum atomic E-state index is -0.581. The van der Waals surface area contributed by atoms with E-state index in [1.807, 2.05) is 0 Å². The summed E-state index contributed by atoms with van der Waals surface area (Å²) in [4.78, 5) is 19.7. The first-order valence-electron chi connectivity index (χ1n) is 5.21. The zero-order valence-corrected chi connectivity index (χ0v) is 11.7. The van der Waals surface area contributed by atoms with Gasteiger partial charge in [-0.25, -0.2) is 19.3 Å². The van der Waals surface area contributed by atoms with Gasteiger partial charge in [-0.2, -0.15) is 5.10 Å². The molecule has 18 heavy (non-hydrogen) atoms. The first kappa shape index (κ1) is 12.7. The van der Waals surface area contributed by atoms with Crippen molar-refractivity contribution in [3.63, 3.8) is 0 Å². The molecule has 0 spiro atoms. The van der Waals surface area contributed by atoms with E-state index in [0.717, 1.165) is 0 Å². The molecule has 0 aliphatic carbocycles. The summed E-state index contributed by atoms with van der Waals surface area (Å²) >= 11 is 3.28. The van der Waals surface area contributed by atoms with Crippen molar-refractivity contribution < 1.29 is 9.53 Å². The Labute approximate surface area is 112 Å². The van der Waals surface area contributed by atoms with Crippen LogP contribution in [0.3, 0.4) is 0 Å². The van der Waals surface area contributed by atoms with Crippen LogP contribution in [-0.2, 0) is 4.74 Å². The molecule has 7 nitrogen and oxygen atoms in total. The van der Waals surface area contributed by atoms with Crippen LogP contribution in [0.25, 0.3) is 5.65 Å². The number of halogens is 1. The summed E-state index contributed by atoms with van der Waals surface area (Å²) in [5.41, 5.74) is -0.126. The maximum Gasteiger partial charge on any atom is 0.413 e. The Kier molecular flexibility index (Phi) is 3.20. The molecule has 1 amide bonds. The first-order chi connectivity index (χ1) is 8.37. The second-order valence-electron chi connectivity index (χ2n) is 4.55. The Balaban J connectivity index is 2.24. The third-order valence-electron chi connectivity index (χ3n) is 1.88. The normalized spacial score (nSPS) is 11.6. The van der Waals surface area contributed by atoms with E-state index < -0.39 is 11.7 Å². The van der Waals surface area contributed by atoms with Crippen LogP contribution in [0.2, 0.25) is 0 Å². The van der Waals surface area contributed by atoms with Gasteiger partial charge >= 0.3 is 6.09 Å². The van der Waals surface area contributed by atoms with Crippen LogP contribution < -0.4 is 5.32 Å². The molecular weight excluding hydrogens is 302 g/mol. The van der Waals surface area contributed by atoms with Gasteiger partial charge in [0.2, 0.25) is 0 Å². The van der Waals surface area contributed by atoms with Crippen molar-refractivity contribution in [2.24, 2.45) is 0 Å². The van der Waals surface area contributed by atoms with Gasteiger partial charge in [0, 0.05) is 0 Å². The minimum Gasteiger partial charge on any atom is -0.444 e. The fourth-order valence-corrected chi connectivity index (χ4v) is 1.64. The number of fused-ring (bicyclic) bond motifs is 1. The van der Waals surface area contributed by atoms with E-state index in [0.29, 0.717) is 16.1 Å². The van der Waals surface area contributed by atoms with Crippen LogP contribution in [0, 0.1) is 0 Å². The Hall–Kier alpha value is -1.70. The molecule has 0 atom stereocenters. The molecular formula is C10H12BrN5O2. The number of amides is 1. The molecule has 2 heterocycles. The summed E-state index contributed by atoms with van der Waals surface area (Å²) in [6, 6.07) is 0. The highest BCUT2D eigenvalue weighted by Crippen LogP contribution is 2.17. The van der Waals surface area contributed by atoms with E-state index in [1.54, 1.807) is 27.0 Å². The van der Waals surface area contributed by atoms with Crippen LogP contribution in [0.15, 0.2) is 17.1 Å². The fraction of sp³-hybridized carbons (Fsp3) is 0.400. The van der Waals surface area contributed by atoms with E-state index in [2.05, 4.69) is 36.3 Å². The second kappa shape index (κ2) is 4.52. The molecule has 2 aromatic heterocycles. The van der Waals surface area contributed by atoms with Crippen LogP contribution in [0.5, 0.6) is 0 Å². The molecule has 8 heteroatoms. The maximum atomic E-state index is 11.6. The second-order valence-corrected chi connectivity index (χ2v) is 5.36. The molecule has 0 aromatic carbocycles. The molecule has 0 radical (unpaired) electrons. The highest BCUT2D eigenvalue weighted by atomic mass is 79.9. The van der Waals surface area contributed by atoms with Crippen molar-refractivity contribution in [1.82, 2.24) is 19.6 Å². The molecule has 0 saturated carbocycles. The molecule has 0 aliphatic heterocycles. The van der Waals surface area contributed by atoms with E-state index >= 15 is 0 Å². The third-order valence-corrected chi connectivity index (χ3v) is 2.42. The Morgan fingerprint density at radius 2 is 2.17 bits per heavy atom. The SMILES string of the molecule is CC(C)(C)OC(=O)Nc1ncnn2c(Br)cnc12. The molecule has 0 aliphatic rings. The number of rotatable bonds is 1. The van der Waals surface area contributed by atoms with E-state index in [-0.39, 0.29) is 0 Å². The molecule has 0 bridgehead atoms. The van der Waals surface area contributed by atoms with Crippen molar-refractivity contribution in [2.75, 3.05) is 5.32 Å². The quantitative estimate of drug-likeness (QED) is 0.873. The average Bonchev–Trinajstić information content (AvgIpc) is 2.59. The number of anilines is 1. The highest BCUT2D eigenvalue weighted by molar-refractivity contribution is 9.10. The van der Waals surface area contributed by atoms with Gasteiger partial charge in [0.05, 0.1) is 6.20 Å². The number of ether oxygens (including phenoxy) is 1. The predicted molar refractivity (Wildman–Crippen MR) is 68.3 cm³/mol. The lowest BCUT2D eigenvalue weighted by Gasteiger charge is -2.19. The summed E-state index contributed by atoms with van der Waals surface area (Å²) in [5.74, 6) is 0.296. The molecule has 0 fully saturated rings. The van der Waals surface area contributed by atoms with Crippen molar-refractivity contribution in [2.45, 2.75) is 26.4 Å². The van der Waals surface area contributed by atoms with Crippen molar-refractivity contribution in [3.05, 3.63) is 17.1 Å². The zero-order valence-electron chi connectivity index (χ0n) is 10.1. The standard InChI is InChI=1S/C10H12BrN5O2/c1-10(2,3)18-9(17)15-7-8-12-4-6(11)16(8)14-5-13-7/h4-5H,1-3H3,(H,13,14,15,17). The highest BCUT2D eigenvalue weighted by Gasteiger charge is 2.18. The largest absolute Gasteiger partial charge is 0.444 e. The van der Waals surface area contributed by atoms with Gasteiger partial charge in [0.15, 0.2) is 11.5 Å². The molecule has 2 aromatic rings. The molecule has 2 rings (SSSR count). The first-order valence-corrected chi connectivity index (χ1v) is 6.00. The van der Waals surface area contributed by atoms with Crippen molar-refractivity contribution in [1.29, 1.82) is 0 Å². The molecule has 0 unspecified atom stereocenters. The number of nitrogens with zero attached hydrogens (tertiary/aromatic N) is 4. The number of nitrogens with one attached hydrogen (secondary N) is 1. The number of hydrogen-bond donors (Lipinski definition) is 1. The van der Waals surface area contributed by atoms with Crippen LogP contribution in [-0.4, -0.2) is 31.3 Å². The average molecular weight is 314 g/mol. The van der Waals surface area contributed by atoms with Crippen molar-refractivity contribution in [3.8, 4) is 0 Å². The Morgan fingerprint density at radius 1 is 1.44 bits per heavy atom. The van der Waals surface area contributed by atoms with Gasteiger partial charge in [-0.3, -0.25) is 5.32 Å². The Morgan fingerprint density at radius 3 is 2.83 bits per heavy atom. The zero-order chi connectivity index (χ0) is 13.3. The Bertz CT molecular complexity index is 589. The smallest absolute Gasteiger partial charge is 0.413 e. The van der Waals surface area contributed by atoms with Crippen LogP contribution in [0.1, 0.15) is 20.8 Å². The van der Waals surface area contributed by atoms with Crippen LogP contribution in [0.4, 0.5) is 10.6 Å². The summed E-state index contributed by atoms with van der Waals surface area (Å²) in [7, 11) is 0. The van der Waals surface area contributed by atoms with Crippen LogP contribution >= 0.6 is 15.9 Å². The van der Waals surface area contributed by atoms with E-state index in [9.17, 15) is 4.79 Å². The van der Waals surface area contributed by atoms with Gasteiger partial charge in [-0.1, -0.05) is 0 Å². The topological polar surface area (TPSA) is 81.4 Å². The summed E-state index contributed by atoms with van der Waals surface area (Å²) < 4.78 is 7.33. The summed E-state index contributed by atoms with van der Waals surface area (Å²) in [5, 5.41) is 6.53. The lowest BCUT2D eigenvalue weighted by molar-refractivity contribution is 0.0635.